The fourth-order valence-electron chi connectivity index (χ4n) is 11.9. The Bertz CT molecular complexity index is 4190. The van der Waals surface area contributed by atoms with Gasteiger partial charge in [-0.15, -0.1) is 0 Å². The first-order valence-corrected chi connectivity index (χ1v) is 25.9. The van der Waals surface area contributed by atoms with Crippen LogP contribution in [0.4, 0.5) is 34.1 Å². The number of anilines is 6. The van der Waals surface area contributed by atoms with Crippen molar-refractivity contribution in [2.45, 2.75) is 40.5 Å². The van der Waals surface area contributed by atoms with Crippen molar-refractivity contribution in [2.75, 3.05) is 9.80 Å². The van der Waals surface area contributed by atoms with Crippen molar-refractivity contribution in [2.24, 2.45) is 0 Å². The summed E-state index contributed by atoms with van der Waals surface area (Å²) >= 11 is 0. The second kappa shape index (κ2) is 17.3. The van der Waals surface area contributed by atoms with Crippen molar-refractivity contribution in [3.63, 3.8) is 0 Å². The van der Waals surface area contributed by atoms with E-state index in [1.165, 1.54) is 54.9 Å². The molecule has 0 bridgehead atoms. The molecule has 0 radical (unpaired) electrons. The number of aryl methyl sites for hydroxylation is 4. The number of fused-ring (bicyclic) bond motifs is 6. The molecule has 4 nitrogen and oxygen atoms in total. The van der Waals surface area contributed by atoms with Crippen LogP contribution in [-0.2, 0) is 12.8 Å². The molecular weight excluding hydrogens is 901 g/mol. The van der Waals surface area contributed by atoms with E-state index in [-0.39, 0.29) is 0 Å². The van der Waals surface area contributed by atoms with Gasteiger partial charge in [0.25, 0.3) is 0 Å². The van der Waals surface area contributed by atoms with Crippen molar-refractivity contribution < 1.29 is 8.83 Å². The highest BCUT2D eigenvalue weighted by Gasteiger charge is 2.27. The third kappa shape index (κ3) is 6.75. The van der Waals surface area contributed by atoms with E-state index in [0.717, 1.165) is 113 Å². The van der Waals surface area contributed by atoms with Crippen molar-refractivity contribution in [3.05, 3.63) is 241 Å². The lowest BCUT2D eigenvalue weighted by Crippen LogP contribution is -2.12. The predicted molar refractivity (Wildman–Crippen MR) is 313 cm³/mol. The topological polar surface area (TPSA) is 32.8 Å². The summed E-state index contributed by atoms with van der Waals surface area (Å²) in [6.45, 7) is 8.74. The van der Waals surface area contributed by atoms with E-state index in [2.05, 4.69) is 256 Å². The summed E-state index contributed by atoms with van der Waals surface area (Å²) in [7, 11) is 0. The number of hydrogen-bond donors (Lipinski definition) is 0. The number of hydrogen-bond acceptors (Lipinski definition) is 4. The first-order valence-electron chi connectivity index (χ1n) is 25.9. The van der Waals surface area contributed by atoms with Gasteiger partial charge in [-0.2, -0.15) is 0 Å². The molecule has 0 aliphatic carbocycles. The third-order valence-electron chi connectivity index (χ3n) is 15.6. The molecular formula is C70H52N2O2. The molecule has 0 amide bonds. The Morgan fingerprint density at radius 3 is 1.08 bits per heavy atom. The molecule has 4 heteroatoms. The minimum Gasteiger partial charge on any atom is -0.453 e. The van der Waals surface area contributed by atoms with Crippen LogP contribution in [0.5, 0.6) is 0 Å². The Hall–Kier alpha value is -9.12. The molecule has 74 heavy (non-hydrogen) atoms. The number of para-hydroxylation sites is 4. The minimum absolute atomic E-state index is 0.854. The lowest BCUT2D eigenvalue weighted by atomic mass is 9.91. The summed E-state index contributed by atoms with van der Waals surface area (Å²) in [6.07, 6.45) is 1.87. The Morgan fingerprint density at radius 2 is 0.662 bits per heavy atom. The van der Waals surface area contributed by atoms with Crippen molar-refractivity contribution in [1.29, 1.82) is 0 Å². The summed E-state index contributed by atoms with van der Waals surface area (Å²) < 4.78 is 14.4. The largest absolute Gasteiger partial charge is 0.453 e. The van der Waals surface area contributed by atoms with Crippen molar-refractivity contribution in [1.82, 2.24) is 0 Å². The summed E-state index contributed by atoms with van der Waals surface area (Å²) in [6, 6.07) is 79.9. The normalized spacial score (nSPS) is 11.9. The first-order chi connectivity index (χ1) is 36.4. The van der Waals surface area contributed by atoms with Gasteiger partial charge in [-0.25, -0.2) is 0 Å². The molecule has 0 fully saturated rings. The van der Waals surface area contributed by atoms with Gasteiger partial charge in [0.1, 0.15) is 11.2 Å². The molecule has 0 atom stereocenters. The monoisotopic (exact) mass is 952 g/mol. The van der Waals surface area contributed by atoms with Gasteiger partial charge in [-0.1, -0.05) is 195 Å². The maximum absolute atomic E-state index is 7.21. The Balaban J connectivity index is 0.997. The molecule has 14 aromatic rings. The fraction of sp³-hybridized carbons (Fsp3) is 0.0857. The second-order valence-corrected chi connectivity index (χ2v) is 19.8. The van der Waals surface area contributed by atoms with E-state index < -0.39 is 0 Å². The quantitative estimate of drug-likeness (QED) is 0.128. The van der Waals surface area contributed by atoms with E-state index >= 15 is 0 Å². The molecule has 14 rings (SSSR count). The molecule has 354 valence electrons. The minimum atomic E-state index is 0.854. The molecule has 2 aromatic heterocycles. The molecule has 0 spiro atoms. The molecule has 0 saturated carbocycles. The maximum atomic E-state index is 7.21. The lowest BCUT2D eigenvalue weighted by molar-refractivity contribution is 0.669. The van der Waals surface area contributed by atoms with Crippen LogP contribution in [0.1, 0.15) is 36.1 Å². The van der Waals surface area contributed by atoms with Crippen molar-refractivity contribution in [3.8, 4) is 22.3 Å². The van der Waals surface area contributed by atoms with Gasteiger partial charge in [0.05, 0.1) is 22.7 Å². The van der Waals surface area contributed by atoms with E-state index in [1.54, 1.807) is 0 Å². The summed E-state index contributed by atoms with van der Waals surface area (Å²) in [4.78, 5) is 4.81. The van der Waals surface area contributed by atoms with Crippen LogP contribution in [0.2, 0.25) is 0 Å². The van der Waals surface area contributed by atoms with Crippen LogP contribution in [0.3, 0.4) is 0 Å². The second-order valence-electron chi connectivity index (χ2n) is 19.8. The van der Waals surface area contributed by atoms with Gasteiger partial charge < -0.3 is 18.6 Å². The zero-order chi connectivity index (χ0) is 49.6. The van der Waals surface area contributed by atoms with E-state index in [1.807, 2.05) is 0 Å². The SMILES string of the molecule is CCc1ccccc1-c1cccc2c1oc1c(N(c3ccc(C)cc3)c3ccc4ccc5c(N(c6ccc(C)cc6)c6cccc7c6oc6c(-c8ccccc8CC)cccc67)ccc6ccc3c4c65)cccc12. The fourth-order valence-corrected chi connectivity index (χ4v) is 11.9. The zero-order valence-corrected chi connectivity index (χ0v) is 41.9. The van der Waals surface area contributed by atoms with Gasteiger partial charge in [0.2, 0.25) is 0 Å². The summed E-state index contributed by atoms with van der Waals surface area (Å²) in [5, 5.41) is 11.5. The molecule has 0 saturated heterocycles. The highest BCUT2D eigenvalue weighted by atomic mass is 16.3. The van der Waals surface area contributed by atoms with Gasteiger partial charge in [-0.05, 0) is 119 Å². The van der Waals surface area contributed by atoms with Gasteiger partial charge in [0, 0.05) is 54.8 Å². The third-order valence-corrected chi connectivity index (χ3v) is 15.6. The molecule has 2 heterocycles. The van der Waals surface area contributed by atoms with Crippen LogP contribution < -0.4 is 9.80 Å². The van der Waals surface area contributed by atoms with Gasteiger partial charge >= 0.3 is 0 Å². The van der Waals surface area contributed by atoms with Crippen molar-refractivity contribution >= 4 is 110 Å². The molecule has 0 aliphatic rings. The highest BCUT2D eigenvalue weighted by molar-refractivity contribution is 6.29. The Kier molecular flexibility index (Phi) is 10.2. The molecule has 0 unspecified atom stereocenters. The summed E-state index contributed by atoms with van der Waals surface area (Å²) in [5.41, 5.74) is 19.4. The molecule has 0 aliphatic heterocycles. The Morgan fingerprint density at radius 1 is 0.297 bits per heavy atom. The Labute approximate surface area is 430 Å². The highest BCUT2D eigenvalue weighted by Crippen LogP contribution is 2.51. The van der Waals surface area contributed by atoms with Crippen LogP contribution in [0, 0.1) is 13.8 Å². The first kappa shape index (κ1) is 43.7. The smallest absolute Gasteiger partial charge is 0.159 e. The van der Waals surface area contributed by atoms with E-state index in [4.69, 9.17) is 8.83 Å². The van der Waals surface area contributed by atoms with Crippen LogP contribution in [0.25, 0.3) is 98.4 Å². The number of furan rings is 2. The number of benzene rings is 12. The average Bonchev–Trinajstić information content (AvgIpc) is 4.10. The van der Waals surface area contributed by atoms with Crippen LogP contribution in [0.15, 0.2) is 227 Å². The van der Waals surface area contributed by atoms with Gasteiger partial charge in [-0.3, -0.25) is 0 Å². The van der Waals surface area contributed by atoms with E-state index in [9.17, 15) is 0 Å². The zero-order valence-electron chi connectivity index (χ0n) is 41.9. The van der Waals surface area contributed by atoms with Crippen LogP contribution >= 0.6 is 0 Å². The maximum Gasteiger partial charge on any atom is 0.159 e. The summed E-state index contributed by atoms with van der Waals surface area (Å²) in [5.74, 6) is 0. The lowest BCUT2D eigenvalue weighted by Gasteiger charge is -2.29. The molecule has 12 aromatic carbocycles. The van der Waals surface area contributed by atoms with Crippen LogP contribution in [-0.4, -0.2) is 0 Å². The average molecular weight is 953 g/mol. The molecule has 0 N–H and O–H groups in total. The standard InChI is InChI=1S/C70H52N2O2/c1-5-45-15-7-9-17-51(45)53-19-11-21-55-57-23-13-25-63(69(57)73-67(53)55)71(49-35-27-43(3)28-36-49)61-41-33-47-32-40-60-62(42-34-48-31-39-59(61)65(47)66(48)60)72(50-37-29-44(4)30-38-50)64-26-14-24-58-56-22-12-20-54(68(56)74-70(58)64)52-18-10-8-16-46(52)6-2/h7-42H,5-6H2,1-4H3. The number of rotatable bonds is 10. The van der Waals surface area contributed by atoms with Gasteiger partial charge in [0.15, 0.2) is 11.2 Å². The van der Waals surface area contributed by atoms with E-state index in [0.29, 0.717) is 0 Å². The predicted octanol–water partition coefficient (Wildman–Crippen LogP) is 20.4. The number of nitrogens with zero attached hydrogens (tertiary/aromatic N) is 2.